The molecule has 2 N–H and O–H groups in total. The largest absolute Gasteiger partial charge is 0.392 e. The number of nitrogens with zero attached hydrogens (tertiary/aromatic N) is 7. The number of carbonyl (C=O) groups excluding carboxylic acids is 1. The number of amides is 1. The number of ether oxygens (including phenoxy) is 1. The summed E-state index contributed by atoms with van der Waals surface area (Å²) in [6, 6.07) is 9.46. The smallest absolute Gasteiger partial charge is 0.246 e. The quantitative estimate of drug-likeness (QED) is 0.405. The molecule has 1 amide bonds. The SMILES string of the molecule is C[C@H]1CN(C2COC2)CCN1c1ccc(NC2(c3ccnc(N4CCn5c(cc6c5CCCC6)C4)c3CO)C=CC(=O)N(C)C2)nc1. The van der Waals surface area contributed by atoms with Crippen LogP contribution in [0.15, 0.2) is 48.8 Å². The molecule has 2 atom stereocenters. The van der Waals surface area contributed by atoms with E-state index in [4.69, 9.17) is 14.7 Å². The number of aliphatic hydroxyl groups is 1. The topological polar surface area (TPSA) is 102 Å². The number of aryl methyl sites for hydroxylation is 1. The van der Waals surface area contributed by atoms with Crippen LogP contribution >= 0.6 is 0 Å². The monoisotopic (exact) mass is 638 g/mol. The van der Waals surface area contributed by atoms with Gasteiger partial charge in [-0.15, -0.1) is 0 Å². The van der Waals surface area contributed by atoms with Gasteiger partial charge in [-0.3, -0.25) is 9.69 Å². The lowest BCUT2D eigenvalue weighted by Gasteiger charge is -2.46. The van der Waals surface area contributed by atoms with Gasteiger partial charge in [-0.25, -0.2) is 9.97 Å². The van der Waals surface area contributed by atoms with Crippen molar-refractivity contribution in [2.45, 2.75) is 69.9 Å². The molecule has 7 heterocycles. The normalized spacial score (nSPS) is 25.0. The summed E-state index contributed by atoms with van der Waals surface area (Å²) in [5, 5.41) is 14.6. The van der Waals surface area contributed by atoms with Crippen molar-refractivity contribution in [3.8, 4) is 0 Å². The standard InChI is InChI=1S/C36H46N8O3/c1-25-19-41(29-22-47-23-29)13-15-43(25)27-7-8-33(38-18-27)39-36(11-9-34(46)40(2)24-36)31-10-12-37-35(30(31)21-45)42-14-16-44-28(20-42)17-26-5-3-4-6-32(26)44/h7-12,17-18,25,29,45H,3-6,13-16,19-24H2,1-2H3,(H,38,39)/t25-,36?/m0/s1. The molecule has 0 spiro atoms. The predicted octanol–water partition coefficient (Wildman–Crippen LogP) is 2.91. The highest BCUT2D eigenvalue weighted by molar-refractivity contribution is 5.89. The molecule has 248 valence electrons. The summed E-state index contributed by atoms with van der Waals surface area (Å²) in [6.45, 7) is 9.69. The van der Waals surface area contributed by atoms with Gasteiger partial charge in [-0.2, -0.15) is 0 Å². The highest BCUT2D eigenvalue weighted by Gasteiger charge is 2.39. The van der Waals surface area contributed by atoms with Gasteiger partial charge in [0.2, 0.25) is 5.91 Å². The maximum Gasteiger partial charge on any atom is 0.246 e. The lowest BCUT2D eigenvalue weighted by Crippen LogP contribution is -2.59. The second kappa shape index (κ2) is 12.3. The summed E-state index contributed by atoms with van der Waals surface area (Å²) >= 11 is 0. The Bertz CT molecular complexity index is 1670. The fourth-order valence-corrected chi connectivity index (χ4v) is 8.40. The molecular formula is C36H46N8O3. The van der Waals surface area contributed by atoms with Crippen molar-refractivity contribution in [1.29, 1.82) is 0 Å². The van der Waals surface area contributed by atoms with E-state index in [9.17, 15) is 9.90 Å². The first-order chi connectivity index (χ1) is 22.9. The second-order valence-electron chi connectivity index (χ2n) is 14.0. The molecule has 5 aliphatic rings. The molecule has 0 bridgehead atoms. The van der Waals surface area contributed by atoms with Gasteiger partial charge < -0.3 is 34.4 Å². The van der Waals surface area contributed by atoms with Crippen LogP contribution < -0.4 is 15.1 Å². The molecule has 1 aliphatic carbocycles. The predicted molar refractivity (Wildman–Crippen MR) is 182 cm³/mol. The number of hydrogen-bond acceptors (Lipinski definition) is 9. The zero-order valence-electron chi connectivity index (χ0n) is 27.6. The van der Waals surface area contributed by atoms with E-state index in [0.717, 1.165) is 75.1 Å². The van der Waals surface area contributed by atoms with Crippen molar-refractivity contribution >= 4 is 23.2 Å². The van der Waals surface area contributed by atoms with Crippen molar-refractivity contribution in [2.24, 2.45) is 0 Å². The average Bonchev–Trinajstić information content (AvgIpc) is 3.44. The lowest BCUT2D eigenvalue weighted by atomic mass is 9.84. The molecule has 3 aromatic heterocycles. The van der Waals surface area contributed by atoms with Gasteiger partial charge in [0.15, 0.2) is 0 Å². The highest BCUT2D eigenvalue weighted by Crippen LogP contribution is 2.38. The summed E-state index contributed by atoms with van der Waals surface area (Å²) in [5.41, 5.74) is 6.32. The molecule has 3 aromatic rings. The maximum absolute atomic E-state index is 12.7. The van der Waals surface area contributed by atoms with Crippen LogP contribution in [0.3, 0.4) is 0 Å². The lowest BCUT2D eigenvalue weighted by molar-refractivity contribution is -0.126. The summed E-state index contributed by atoms with van der Waals surface area (Å²) < 4.78 is 7.94. The Hall–Kier alpha value is -3.93. The minimum atomic E-state index is -0.800. The molecule has 11 heteroatoms. The number of aromatic nitrogens is 3. The molecule has 8 rings (SSSR count). The van der Waals surface area contributed by atoms with E-state index >= 15 is 0 Å². The maximum atomic E-state index is 12.7. The van der Waals surface area contributed by atoms with Crippen molar-refractivity contribution in [1.82, 2.24) is 24.3 Å². The number of aliphatic hydroxyl groups excluding tert-OH is 1. The van der Waals surface area contributed by atoms with Crippen molar-refractivity contribution < 1.29 is 14.6 Å². The van der Waals surface area contributed by atoms with Gasteiger partial charge >= 0.3 is 0 Å². The molecule has 4 aliphatic heterocycles. The Morgan fingerprint density at radius 3 is 2.70 bits per heavy atom. The average molecular weight is 639 g/mol. The molecule has 0 saturated carbocycles. The Morgan fingerprint density at radius 2 is 1.96 bits per heavy atom. The van der Waals surface area contributed by atoms with Crippen LogP contribution in [0, 0.1) is 0 Å². The Labute approximate surface area is 276 Å². The number of rotatable bonds is 7. The second-order valence-corrected chi connectivity index (χ2v) is 14.0. The van der Waals surface area contributed by atoms with Crippen molar-refractivity contribution in [3.63, 3.8) is 0 Å². The van der Waals surface area contributed by atoms with Gasteiger partial charge in [-0.05, 0) is 74.1 Å². The third-order valence-electron chi connectivity index (χ3n) is 11.0. The van der Waals surface area contributed by atoms with Gasteiger partial charge in [0.1, 0.15) is 17.2 Å². The first kappa shape index (κ1) is 30.4. The number of fused-ring (bicyclic) bond motifs is 3. The van der Waals surface area contributed by atoms with Gasteiger partial charge in [0.05, 0.1) is 50.8 Å². The number of piperazine rings is 1. The molecule has 2 saturated heterocycles. The molecular weight excluding hydrogens is 592 g/mol. The minimum Gasteiger partial charge on any atom is -0.392 e. The van der Waals surface area contributed by atoms with Crippen molar-refractivity contribution in [2.75, 3.05) is 68.1 Å². The Morgan fingerprint density at radius 1 is 1.09 bits per heavy atom. The highest BCUT2D eigenvalue weighted by atomic mass is 16.5. The fraction of sp³-hybridized carbons (Fsp3) is 0.528. The molecule has 0 aromatic carbocycles. The van der Waals surface area contributed by atoms with Gasteiger partial charge in [0, 0.05) is 75.0 Å². The minimum absolute atomic E-state index is 0.0482. The number of likely N-dealkylation sites (N-methyl/N-ethyl adjacent to an activating group) is 1. The van der Waals surface area contributed by atoms with Crippen LogP contribution in [-0.2, 0) is 47.6 Å². The summed E-state index contributed by atoms with van der Waals surface area (Å²) in [7, 11) is 1.82. The van der Waals surface area contributed by atoms with Gasteiger partial charge in [0.25, 0.3) is 0 Å². The van der Waals surface area contributed by atoms with E-state index in [1.54, 1.807) is 11.0 Å². The van der Waals surface area contributed by atoms with Crippen molar-refractivity contribution in [3.05, 3.63) is 76.9 Å². The number of carbonyl (C=O) groups is 1. The zero-order valence-corrected chi connectivity index (χ0v) is 27.6. The molecule has 11 nitrogen and oxygen atoms in total. The zero-order chi connectivity index (χ0) is 32.1. The van der Waals surface area contributed by atoms with Crippen LogP contribution in [0.2, 0.25) is 0 Å². The van der Waals surface area contributed by atoms with E-state index in [1.165, 1.54) is 42.6 Å². The van der Waals surface area contributed by atoms with E-state index in [-0.39, 0.29) is 12.5 Å². The first-order valence-corrected chi connectivity index (χ1v) is 17.2. The Kier molecular flexibility index (Phi) is 7.93. The van der Waals surface area contributed by atoms with E-state index < -0.39 is 5.54 Å². The van der Waals surface area contributed by atoms with Gasteiger partial charge in [-0.1, -0.05) is 0 Å². The summed E-state index contributed by atoms with van der Waals surface area (Å²) in [6.07, 6.45) is 12.2. The third kappa shape index (κ3) is 5.48. The van der Waals surface area contributed by atoms with Crippen LogP contribution in [0.25, 0.3) is 0 Å². The van der Waals surface area contributed by atoms with E-state index in [1.807, 2.05) is 37.7 Å². The van der Waals surface area contributed by atoms with Crippen LogP contribution in [-0.4, -0.2) is 100 Å². The van der Waals surface area contributed by atoms with Crippen LogP contribution in [0.4, 0.5) is 17.3 Å². The third-order valence-corrected chi connectivity index (χ3v) is 11.0. The molecule has 1 unspecified atom stereocenters. The Balaban J connectivity index is 1.07. The number of nitrogens with one attached hydrogen (secondary N) is 1. The summed E-state index contributed by atoms with van der Waals surface area (Å²) in [5.74, 6) is 1.46. The summed E-state index contributed by atoms with van der Waals surface area (Å²) in [4.78, 5) is 31.4. The first-order valence-electron chi connectivity index (χ1n) is 17.2. The van der Waals surface area contributed by atoms with E-state index in [0.29, 0.717) is 24.4 Å². The molecule has 2 fully saturated rings. The number of anilines is 3. The fourth-order valence-electron chi connectivity index (χ4n) is 8.40. The van der Waals surface area contributed by atoms with Crippen LogP contribution in [0.5, 0.6) is 0 Å². The van der Waals surface area contributed by atoms with E-state index in [2.05, 4.69) is 43.6 Å². The molecule has 47 heavy (non-hydrogen) atoms. The van der Waals surface area contributed by atoms with Crippen LogP contribution in [0.1, 0.15) is 47.8 Å². The molecule has 0 radical (unpaired) electrons. The number of hydrogen-bond donors (Lipinski definition) is 2. The number of pyridine rings is 2.